The predicted octanol–water partition coefficient (Wildman–Crippen LogP) is 1.22. The molecule has 2 amide bonds. The molecule has 0 saturated heterocycles. The minimum atomic E-state index is -0.588. The van der Waals surface area contributed by atoms with Crippen molar-refractivity contribution in [1.82, 2.24) is 14.9 Å². The molecule has 26 heavy (non-hydrogen) atoms. The highest BCUT2D eigenvalue weighted by Crippen LogP contribution is 2.26. The van der Waals surface area contributed by atoms with Gasteiger partial charge < -0.3 is 11.1 Å². The number of rotatable bonds is 6. The monoisotopic (exact) mass is 370 g/mol. The van der Waals surface area contributed by atoms with Gasteiger partial charge in [0.2, 0.25) is 5.91 Å². The number of hydrogen-bond donors (Lipinski definition) is 2. The Morgan fingerprint density at radius 2 is 2.00 bits per heavy atom. The predicted molar refractivity (Wildman–Crippen MR) is 100 cm³/mol. The minimum absolute atomic E-state index is 0.127. The molecule has 0 aliphatic rings. The number of carbonyl (C=O) groups is 2. The molecule has 1 aromatic carbocycles. The molecule has 0 atom stereocenters. The SMILES string of the molecule is Cc1c(C(N)=O)sc2ncn(CC(=O)NCCc3ccccc3)c(=O)c12. The summed E-state index contributed by atoms with van der Waals surface area (Å²) >= 11 is 1.09. The van der Waals surface area contributed by atoms with Gasteiger partial charge in [-0.15, -0.1) is 11.3 Å². The Balaban J connectivity index is 1.71. The highest BCUT2D eigenvalue weighted by molar-refractivity contribution is 7.20. The zero-order valence-electron chi connectivity index (χ0n) is 14.2. The fourth-order valence-electron chi connectivity index (χ4n) is 2.71. The number of carbonyl (C=O) groups excluding carboxylic acids is 2. The van der Waals surface area contributed by atoms with Crippen LogP contribution < -0.4 is 16.6 Å². The molecule has 3 rings (SSSR count). The first kappa shape index (κ1) is 17.8. The molecule has 0 radical (unpaired) electrons. The molecule has 8 heteroatoms. The third kappa shape index (κ3) is 3.65. The molecule has 0 bridgehead atoms. The third-order valence-electron chi connectivity index (χ3n) is 4.03. The van der Waals surface area contributed by atoms with Crippen LogP contribution in [-0.2, 0) is 17.8 Å². The smallest absolute Gasteiger partial charge is 0.262 e. The molecular formula is C18H18N4O3S. The second-order valence-corrected chi connectivity index (χ2v) is 6.86. The largest absolute Gasteiger partial charge is 0.365 e. The van der Waals surface area contributed by atoms with Gasteiger partial charge in [-0.25, -0.2) is 4.98 Å². The van der Waals surface area contributed by atoms with Crippen LogP contribution in [0.25, 0.3) is 10.2 Å². The average molecular weight is 370 g/mol. The maximum atomic E-state index is 12.6. The normalized spacial score (nSPS) is 10.8. The summed E-state index contributed by atoms with van der Waals surface area (Å²) in [6, 6.07) is 9.81. The van der Waals surface area contributed by atoms with Gasteiger partial charge in [0, 0.05) is 6.54 Å². The van der Waals surface area contributed by atoms with E-state index in [1.165, 1.54) is 10.9 Å². The number of nitrogens with two attached hydrogens (primary N) is 1. The summed E-state index contributed by atoms with van der Waals surface area (Å²) in [4.78, 5) is 41.1. The number of hydrogen-bond acceptors (Lipinski definition) is 5. The standard InChI is InChI=1S/C18H18N4O3S/c1-11-14-17(26-15(11)16(19)24)21-10-22(18(14)25)9-13(23)20-8-7-12-5-3-2-4-6-12/h2-6,10H,7-9H2,1H3,(H2,19,24)(H,20,23). The van der Waals surface area contributed by atoms with Gasteiger partial charge >= 0.3 is 0 Å². The Morgan fingerprint density at radius 1 is 1.27 bits per heavy atom. The van der Waals surface area contributed by atoms with Gasteiger partial charge in [-0.1, -0.05) is 30.3 Å². The van der Waals surface area contributed by atoms with Crippen LogP contribution in [-0.4, -0.2) is 27.9 Å². The maximum absolute atomic E-state index is 12.6. The van der Waals surface area contributed by atoms with E-state index in [1.54, 1.807) is 6.92 Å². The number of benzene rings is 1. The number of aromatic nitrogens is 2. The molecule has 3 N–H and O–H groups in total. The zero-order valence-corrected chi connectivity index (χ0v) is 15.0. The summed E-state index contributed by atoms with van der Waals surface area (Å²) in [5, 5.41) is 3.13. The van der Waals surface area contributed by atoms with E-state index in [2.05, 4.69) is 10.3 Å². The van der Waals surface area contributed by atoms with Crippen LogP contribution >= 0.6 is 11.3 Å². The number of thiophene rings is 1. The highest BCUT2D eigenvalue weighted by Gasteiger charge is 2.18. The van der Waals surface area contributed by atoms with Crippen molar-refractivity contribution in [1.29, 1.82) is 0 Å². The number of nitrogens with zero attached hydrogens (tertiary/aromatic N) is 2. The van der Waals surface area contributed by atoms with E-state index in [-0.39, 0.29) is 18.0 Å². The fraction of sp³-hybridized carbons (Fsp3) is 0.222. The van der Waals surface area contributed by atoms with Crippen molar-refractivity contribution in [2.45, 2.75) is 19.9 Å². The van der Waals surface area contributed by atoms with Crippen LogP contribution in [0, 0.1) is 6.92 Å². The van der Waals surface area contributed by atoms with E-state index in [9.17, 15) is 14.4 Å². The summed E-state index contributed by atoms with van der Waals surface area (Å²) in [6.45, 7) is 2.01. The van der Waals surface area contributed by atoms with Crippen LogP contribution in [0.5, 0.6) is 0 Å². The summed E-state index contributed by atoms with van der Waals surface area (Å²) in [5.74, 6) is -0.859. The van der Waals surface area contributed by atoms with Crippen LogP contribution in [0.3, 0.4) is 0 Å². The van der Waals surface area contributed by atoms with Crippen molar-refractivity contribution in [2.24, 2.45) is 5.73 Å². The lowest BCUT2D eigenvalue weighted by Crippen LogP contribution is -2.33. The fourth-order valence-corrected chi connectivity index (χ4v) is 3.70. The van der Waals surface area contributed by atoms with Crippen molar-refractivity contribution in [3.8, 4) is 0 Å². The summed E-state index contributed by atoms with van der Waals surface area (Å²) in [7, 11) is 0. The van der Waals surface area contributed by atoms with Crippen molar-refractivity contribution in [3.63, 3.8) is 0 Å². The topological polar surface area (TPSA) is 107 Å². The molecule has 0 spiro atoms. The van der Waals surface area contributed by atoms with Crippen LogP contribution in [0.1, 0.15) is 20.8 Å². The van der Waals surface area contributed by atoms with E-state index in [4.69, 9.17) is 5.73 Å². The molecule has 0 unspecified atom stereocenters. The molecule has 0 saturated carbocycles. The second-order valence-electron chi connectivity index (χ2n) is 5.86. The van der Waals surface area contributed by atoms with E-state index in [0.29, 0.717) is 33.6 Å². The van der Waals surface area contributed by atoms with Crippen molar-refractivity contribution in [3.05, 3.63) is 63.0 Å². The van der Waals surface area contributed by atoms with Crippen LogP contribution in [0.2, 0.25) is 0 Å². The van der Waals surface area contributed by atoms with Gasteiger partial charge in [0.25, 0.3) is 11.5 Å². The van der Waals surface area contributed by atoms with Crippen molar-refractivity contribution < 1.29 is 9.59 Å². The molecular weight excluding hydrogens is 352 g/mol. The lowest BCUT2D eigenvalue weighted by molar-refractivity contribution is -0.121. The molecule has 7 nitrogen and oxygen atoms in total. The first-order chi connectivity index (χ1) is 12.5. The maximum Gasteiger partial charge on any atom is 0.262 e. The van der Waals surface area contributed by atoms with Gasteiger partial charge in [0.05, 0.1) is 16.6 Å². The molecule has 134 valence electrons. The Labute approximate surface area is 153 Å². The van der Waals surface area contributed by atoms with E-state index < -0.39 is 5.91 Å². The van der Waals surface area contributed by atoms with Gasteiger partial charge in [0.15, 0.2) is 0 Å². The summed E-state index contributed by atoms with van der Waals surface area (Å²) in [5.41, 5.74) is 6.60. The molecule has 0 fully saturated rings. The van der Waals surface area contributed by atoms with Gasteiger partial charge in [-0.3, -0.25) is 19.0 Å². The average Bonchev–Trinajstić information content (AvgIpc) is 2.96. The highest BCUT2D eigenvalue weighted by atomic mass is 32.1. The summed E-state index contributed by atoms with van der Waals surface area (Å²) in [6.07, 6.45) is 2.03. The third-order valence-corrected chi connectivity index (χ3v) is 5.25. The van der Waals surface area contributed by atoms with E-state index >= 15 is 0 Å². The molecule has 2 heterocycles. The molecule has 0 aliphatic heterocycles. The van der Waals surface area contributed by atoms with Gasteiger partial charge in [-0.05, 0) is 24.5 Å². The first-order valence-corrected chi connectivity index (χ1v) is 8.88. The molecule has 3 aromatic rings. The lowest BCUT2D eigenvalue weighted by Gasteiger charge is -2.07. The Kier molecular flexibility index (Phi) is 5.13. The quantitative estimate of drug-likeness (QED) is 0.680. The van der Waals surface area contributed by atoms with Crippen molar-refractivity contribution in [2.75, 3.05) is 6.54 Å². The summed E-state index contributed by atoms with van der Waals surface area (Å²) < 4.78 is 1.24. The zero-order chi connectivity index (χ0) is 18.7. The Bertz CT molecular complexity index is 1020. The molecule has 0 aliphatic carbocycles. The van der Waals surface area contributed by atoms with E-state index in [1.807, 2.05) is 30.3 Å². The lowest BCUT2D eigenvalue weighted by atomic mass is 10.1. The number of amides is 2. The number of nitrogens with one attached hydrogen (secondary N) is 1. The van der Waals surface area contributed by atoms with Crippen LogP contribution in [0.4, 0.5) is 0 Å². The number of fused-ring (bicyclic) bond motifs is 1. The van der Waals surface area contributed by atoms with Gasteiger partial charge in [-0.2, -0.15) is 0 Å². The number of primary amides is 1. The minimum Gasteiger partial charge on any atom is -0.365 e. The van der Waals surface area contributed by atoms with Crippen LogP contribution in [0.15, 0.2) is 41.5 Å². The Morgan fingerprint density at radius 3 is 2.69 bits per heavy atom. The molecule has 2 aromatic heterocycles. The first-order valence-electron chi connectivity index (χ1n) is 8.06. The van der Waals surface area contributed by atoms with Gasteiger partial charge in [0.1, 0.15) is 11.4 Å². The van der Waals surface area contributed by atoms with E-state index in [0.717, 1.165) is 16.9 Å². The number of aryl methyl sites for hydroxylation is 1. The second kappa shape index (κ2) is 7.49. The van der Waals surface area contributed by atoms with Crippen molar-refractivity contribution >= 4 is 33.4 Å². The Hall–Kier alpha value is -3.00.